The monoisotopic (exact) mass is 491 g/mol. The number of ether oxygens (including phenoxy) is 1. The van der Waals surface area contributed by atoms with Crippen molar-refractivity contribution in [3.8, 4) is 5.75 Å². The van der Waals surface area contributed by atoms with Crippen LogP contribution in [0.1, 0.15) is 40.9 Å². The number of nitrogen functional groups attached to an aromatic ring is 1. The highest BCUT2D eigenvalue weighted by molar-refractivity contribution is 7.17. The van der Waals surface area contributed by atoms with Crippen LogP contribution in [0.3, 0.4) is 0 Å². The zero-order chi connectivity index (χ0) is 24.8. The number of amidine groups is 1. The number of amides is 1. The molecule has 1 aromatic heterocycles. The zero-order valence-corrected chi connectivity index (χ0v) is 19.4. The molecular formula is C22H26FN5O5S. The van der Waals surface area contributed by atoms with Crippen LogP contribution < -0.4 is 15.4 Å². The number of rotatable bonds is 9. The third kappa shape index (κ3) is 6.28. The Labute approximate surface area is 199 Å². The molecule has 1 aromatic carbocycles. The van der Waals surface area contributed by atoms with Gasteiger partial charge in [0.15, 0.2) is 16.7 Å². The molecule has 0 saturated carbocycles. The number of aromatic nitrogens is 1. The van der Waals surface area contributed by atoms with Crippen molar-refractivity contribution in [1.29, 1.82) is 5.41 Å². The molecule has 1 saturated heterocycles. The highest BCUT2D eigenvalue weighted by Gasteiger charge is 2.29. The lowest BCUT2D eigenvalue weighted by atomic mass is 9.95. The smallest absolute Gasteiger partial charge is 0.355 e. The van der Waals surface area contributed by atoms with Gasteiger partial charge in [-0.15, -0.1) is 0 Å². The van der Waals surface area contributed by atoms with Gasteiger partial charge in [0.2, 0.25) is 5.91 Å². The largest absolute Gasteiger partial charge is 0.481 e. The fourth-order valence-corrected chi connectivity index (χ4v) is 4.46. The molecule has 1 fully saturated rings. The fourth-order valence-electron chi connectivity index (χ4n) is 3.61. The summed E-state index contributed by atoms with van der Waals surface area (Å²) in [6.07, 6.45) is 3.06. The maximum Gasteiger partial charge on any atom is 0.355 e. The van der Waals surface area contributed by atoms with Crippen molar-refractivity contribution in [2.24, 2.45) is 11.7 Å². The average molecular weight is 492 g/mol. The van der Waals surface area contributed by atoms with E-state index in [1.54, 1.807) is 11.9 Å². The Morgan fingerprint density at radius 2 is 2.06 bits per heavy atom. The van der Waals surface area contributed by atoms with Gasteiger partial charge in [-0.05, 0) is 37.5 Å². The minimum absolute atomic E-state index is 0.00580. The van der Waals surface area contributed by atoms with Crippen molar-refractivity contribution in [2.45, 2.75) is 25.7 Å². The normalized spacial score (nSPS) is 14.0. The minimum atomic E-state index is -0.878. The number of hydrogen-bond donors (Lipinski definition) is 3. The zero-order valence-electron chi connectivity index (χ0n) is 18.6. The minimum Gasteiger partial charge on any atom is -0.481 e. The Bertz CT molecular complexity index is 1080. The molecule has 34 heavy (non-hydrogen) atoms. The van der Waals surface area contributed by atoms with Crippen LogP contribution >= 0.6 is 11.3 Å². The second-order valence-corrected chi connectivity index (χ2v) is 8.98. The third-order valence-corrected chi connectivity index (χ3v) is 6.55. The lowest BCUT2D eigenvalue weighted by Gasteiger charge is -2.33. The molecule has 12 heteroatoms. The van der Waals surface area contributed by atoms with Gasteiger partial charge in [-0.3, -0.25) is 15.0 Å². The van der Waals surface area contributed by atoms with Gasteiger partial charge in [-0.1, -0.05) is 11.3 Å². The maximum absolute atomic E-state index is 14.1. The highest BCUT2D eigenvalue weighted by Crippen LogP contribution is 2.29. The number of carboxylic acid groups (broad SMARTS) is 1. The number of nitrogens with zero attached hydrogens (tertiary/aromatic N) is 3. The van der Waals surface area contributed by atoms with Crippen LogP contribution in [0.2, 0.25) is 0 Å². The number of thiazole rings is 1. The van der Waals surface area contributed by atoms with Gasteiger partial charge in [0.25, 0.3) is 0 Å². The molecule has 0 bridgehead atoms. The molecule has 2 aromatic rings. The van der Waals surface area contributed by atoms with Gasteiger partial charge in [0.05, 0.1) is 6.20 Å². The lowest BCUT2D eigenvalue weighted by Crippen LogP contribution is -2.41. The van der Waals surface area contributed by atoms with Gasteiger partial charge in [-0.25, -0.2) is 14.2 Å². The first-order valence-electron chi connectivity index (χ1n) is 10.7. The number of aliphatic carboxylic acids is 1. The van der Waals surface area contributed by atoms with Crippen LogP contribution in [0.15, 0.2) is 24.4 Å². The Hall–Kier alpha value is -3.54. The van der Waals surface area contributed by atoms with Crippen molar-refractivity contribution in [2.75, 3.05) is 31.6 Å². The Kier molecular flexibility index (Phi) is 8.16. The van der Waals surface area contributed by atoms with E-state index in [9.17, 15) is 18.8 Å². The van der Waals surface area contributed by atoms with Gasteiger partial charge in [-0.2, -0.15) is 0 Å². The summed E-state index contributed by atoms with van der Waals surface area (Å²) in [4.78, 5) is 43.7. The molecule has 182 valence electrons. The molecule has 1 aliphatic heterocycles. The molecule has 3 rings (SSSR count). The molecule has 0 unspecified atom stereocenters. The molecule has 1 amide bonds. The number of nitrogens with one attached hydrogen (secondary N) is 1. The second kappa shape index (κ2) is 11.1. The van der Waals surface area contributed by atoms with Crippen molar-refractivity contribution in [3.63, 3.8) is 0 Å². The van der Waals surface area contributed by atoms with Gasteiger partial charge in [0.1, 0.15) is 10.7 Å². The number of nitrogens with two attached hydrogens (primary N) is 1. The van der Waals surface area contributed by atoms with E-state index in [0.29, 0.717) is 44.0 Å². The summed E-state index contributed by atoms with van der Waals surface area (Å²) >= 11 is 1.12. The second-order valence-electron chi connectivity index (χ2n) is 7.97. The Morgan fingerprint density at radius 1 is 1.35 bits per heavy atom. The number of piperidine rings is 1. The molecule has 0 atom stereocenters. The van der Waals surface area contributed by atoms with Crippen LogP contribution in [0.5, 0.6) is 5.75 Å². The molecule has 1 aliphatic rings. The van der Waals surface area contributed by atoms with E-state index in [2.05, 4.69) is 4.98 Å². The van der Waals surface area contributed by atoms with Crippen LogP contribution in [0.25, 0.3) is 0 Å². The first-order chi connectivity index (χ1) is 16.2. The van der Waals surface area contributed by atoms with E-state index in [1.807, 2.05) is 4.90 Å². The molecular weight excluding hydrogens is 465 g/mol. The topological polar surface area (TPSA) is 150 Å². The van der Waals surface area contributed by atoms with E-state index in [-0.39, 0.29) is 40.3 Å². The molecule has 4 N–H and O–H groups in total. The maximum atomic E-state index is 14.1. The van der Waals surface area contributed by atoms with E-state index < -0.39 is 17.8 Å². The third-order valence-electron chi connectivity index (χ3n) is 5.52. The predicted octanol–water partition coefficient (Wildman–Crippen LogP) is 2.33. The first kappa shape index (κ1) is 25.1. The van der Waals surface area contributed by atoms with Crippen LogP contribution in [0, 0.1) is 17.1 Å². The van der Waals surface area contributed by atoms with Crippen LogP contribution in [-0.4, -0.2) is 65.4 Å². The van der Waals surface area contributed by atoms with Crippen molar-refractivity contribution >= 4 is 40.1 Å². The quantitative estimate of drug-likeness (QED) is 0.209. The fraction of sp³-hybridized carbons (Fsp3) is 0.409. The van der Waals surface area contributed by atoms with Gasteiger partial charge in [0, 0.05) is 44.6 Å². The number of anilines is 1. The number of carboxylic acids is 1. The van der Waals surface area contributed by atoms with Gasteiger partial charge < -0.3 is 25.4 Å². The number of halogens is 1. The number of esters is 1. The molecule has 0 radical (unpaired) electrons. The number of hydrogen-bond acceptors (Lipinski definition) is 8. The van der Waals surface area contributed by atoms with Gasteiger partial charge >= 0.3 is 11.9 Å². The first-order valence-corrected chi connectivity index (χ1v) is 11.5. The van der Waals surface area contributed by atoms with Crippen molar-refractivity contribution in [3.05, 3.63) is 40.7 Å². The molecule has 0 spiro atoms. The molecule has 2 heterocycles. The van der Waals surface area contributed by atoms with Crippen molar-refractivity contribution < 1.29 is 28.6 Å². The van der Waals surface area contributed by atoms with Crippen LogP contribution in [-0.2, 0) is 9.59 Å². The SMILES string of the molecule is CN(CCCC(=O)O)C(=O)C1CCN(c2ncc(C(=O)Oc3ccc(C(=N)N)cc3F)s2)CC1. The summed E-state index contributed by atoms with van der Waals surface area (Å²) in [5.74, 6) is -3.12. The summed E-state index contributed by atoms with van der Waals surface area (Å²) in [6, 6.07) is 3.66. The van der Waals surface area contributed by atoms with Crippen molar-refractivity contribution in [1.82, 2.24) is 9.88 Å². The number of carbonyl (C=O) groups excluding carboxylic acids is 2. The number of benzene rings is 1. The summed E-state index contributed by atoms with van der Waals surface area (Å²) < 4.78 is 19.3. The molecule has 10 nitrogen and oxygen atoms in total. The van der Waals surface area contributed by atoms with E-state index in [0.717, 1.165) is 17.4 Å². The Morgan fingerprint density at radius 3 is 2.68 bits per heavy atom. The predicted molar refractivity (Wildman–Crippen MR) is 124 cm³/mol. The summed E-state index contributed by atoms with van der Waals surface area (Å²) in [5, 5.41) is 16.7. The summed E-state index contributed by atoms with van der Waals surface area (Å²) in [7, 11) is 1.69. The number of carbonyl (C=O) groups is 3. The lowest BCUT2D eigenvalue weighted by molar-refractivity contribution is -0.139. The average Bonchev–Trinajstić information content (AvgIpc) is 3.30. The Balaban J connectivity index is 1.53. The van der Waals surface area contributed by atoms with Crippen LogP contribution in [0.4, 0.5) is 9.52 Å². The standard InChI is InChI=1S/C22H26FN5O5S/c1-27(8-2-3-18(29)30)20(31)13-6-9-28(10-7-13)22-26-12-17(34-22)21(32)33-16-5-4-14(19(24)25)11-15(16)23/h4-5,11-13H,2-3,6-10H2,1H3,(H3,24,25)(H,29,30). The molecule has 0 aliphatic carbocycles. The summed E-state index contributed by atoms with van der Waals surface area (Å²) in [5.41, 5.74) is 5.51. The van der Waals surface area contributed by atoms with E-state index >= 15 is 0 Å². The van der Waals surface area contributed by atoms with E-state index in [4.69, 9.17) is 21.0 Å². The highest BCUT2D eigenvalue weighted by atomic mass is 32.1. The summed E-state index contributed by atoms with van der Waals surface area (Å²) in [6.45, 7) is 1.58. The van der Waals surface area contributed by atoms with E-state index in [1.165, 1.54) is 18.3 Å².